The van der Waals surface area contributed by atoms with Gasteiger partial charge in [0.05, 0.1) is 5.69 Å². The fourth-order valence-electron chi connectivity index (χ4n) is 3.51. The second-order valence-electron chi connectivity index (χ2n) is 6.65. The van der Waals surface area contributed by atoms with E-state index in [9.17, 15) is 0 Å². The summed E-state index contributed by atoms with van der Waals surface area (Å²) in [7, 11) is 0. The smallest absolute Gasteiger partial charge is 0.222 e. The minimum atomic E-state index is 0.292. The van der Waals surface area contributed by atoms with Crippen molar-refractivity contribution in [1.82, 2.24) is 15.0 Å². The van der Waals surface area contributed by atoms with Crippen LogP contribution in [0.5, 0.6) is 0 Å². The number of rotatable bonds is 3. The van der Waals surface area contributed by atoms with Crippen molar-refractivity contribution in [2.75, 3.05) is 47.4 Å². The number of benzene rings is 1. The maximum Gasteiger partial charge on any atom is 0.222 e. The Morgan fingerprint density at radius 2 is 1.56 bits per heavy atom. The molecule has 1 saturated heterocycles. The fraction of sp³-hybridized carbons (Fsp3) is 0.250. The first-order chi connectivity index (χ1) is 13.1. The largest absolute Gasteiger partial charge is 0.384 e. The topological polar surface area (TPSA) is 97.2 Å². The first kappa shape index (κ1) is 17.1. The van der Waals surface area contributed by atoms with Crippen molar-refractivity contribution in [3.05, 3.63) is 54.4 Å². The number of nitrogen functional groups attached to an aromatic ring is 2. The van der Waals surface area contributed by atoms with E-state index in [1.54, 1.807) is 12.3 Å². The molecule has 0 aliphatic carbocycles. The van der Waals surface area contributed by atoms with Crippen LogP contribution in [0.15, 0.2) is 48.7 Å². The molecule has 3 aromatic rings. The molecule has 4 rings (SSSR count). The zero-order valence-corrected chi connectivity index (χ0v) is 15.3. The molecule has 27 heavy (non-hydrogen) atoms. The predicted molar refractivity (Wildman–Crippen MR) is 110 cm³/mol. The molecule has 0 unspecified atom stereocenters. The van der Waals surface area contributed by atoms with Crippen LogP contribution >= 0.6 is 0 Å². The fourth-order valence-corrected chi connectivity index (χ4v) is 3.51. The molecule has 0 amide bonds. The summed E-state index contributed by atoms with van der Waals surface area (Å²) in [4.78, 5) is 17.8. The van der Waals surface area contributed by atoms with Crippen LogP contribution in [-0.2, 0) is 0 Å². The van der Waals surface area contributed by atoms with Crippen LogP contribution in [0.4, 0.5) is 23.3 Å². The van der Waals surface area contributed by atoms with Crippen molar-refractivity contribution >= 4 is 23.3 Å². The number of aromatic nitrogens is 3. The second kappa shape index (κ2) is 7.11. The number of anilines is 4. The Balaban J connectivity index is 1.63. The molecule has 3 heterocycles. The molecule has 1 aromatic carbocycles. The van der Waals surface area contributed by atoms with E-state index in [1.165, 1.54) is 5.69 Å². The van der Waals surface area contributed by atoms with Crippen LogP contribution in [-0.4, -0.2) is 41.1 Å². The lowest BCUT2D eigenvalue weighted by molar-refractivity contribution is 0.647. The molecule has 0 atom stereocenters. The average molecular weight is 361 g/mol. The minimum absolute atomic E-state index is 0.292. The third-order valence-electron chi connectivity index (χ3n) is 4.86. The molecule has 2 aromatic heterocycles. The zero-order valence-electron chi connectivity index (χ0n) is 15.3. The van der Waals surface area contributed by atoms with Gasteiger partial charge in [-0.1, -0.05) is 18.2 Å². The van der Waals surface area contributed by atoms with Crippen LogP contribution in [0, 0.1) is 6.92 Å². The molecule has 0 radical (unpaired) electrons. The maximum atomic E-state index is 5.96. The lowest BCUT2D eigenvalue weighted by atomic mass is 10.1. The molecular weight excluding hydrogens is 338 g/mol. The first-order valence-corrected chi connectivity index (χ1v) is 9.03. The van der Waals surface area contributed by atoms with E-state index in [-0.39, 0.29) is 0 Å². The third kappa shape index (κ3) is 3.48. The Kier molecular flexibility index (Phi) is 4.50. The Morgan fingerprint density at radius 3 is 2.22 bits per heavy atom. The molecule has 0 saturated carbocycles. The monoisotopic (exact) mass is 361 g/mol. The normalized spacial score (nSPS) is 14.4. The summed E-state index contributed by atoms with van der Waals surface area (Å²) in [6.07, 6.45) is 1.76. The van der Waals surface area contributed by atoms with Crippen LogP contribution in [0.1, 0.15) is 5.69 Å². The van der Waals surface area contributed by atoms with Crippen molar-refractivity contribution in [2.24, 2.45) is 0 Å². The first-order valence-electron chi connectivity index (χ1n) is 9.03. The molecule has 4 N–H and O–H groups in total. The Hall–Kier alpha value is -3.35. The Morgan fingerprint density at radius 1 is 0.852 bits per heavy atom. The number of aryl methyl sites for hydroxylation is 1. The van der Waals surface area contributed by atoms with Crippen molar-refractivity contribution in [3.8, 4) is 11.1 Å². The summed E-state index contributed by atoms with van der Waals surface area (Å²) in [6, 6.07) is 14.2. The van der Waals surface area contributed by atoms with Gasteiger partial charge in [-0.05, 0) is 31.2 Å². The highest BCUT2D eigenvalue weighted by atomic mass is 15.3. The van der Waals surface area contributed by atoms with Gasteiger partial charge < -0.3 is 21.3 Å². The van der Waals surface area contributed by atoms with Gasteiger partial charge in [0.1, 0.15) is 11.6 Å². The second-order valence-corrected chi connectivity index (χ2v) is 6.65. The number of hydrogen-bond donors (Lipinski definition) is 2. The van der Waals surface area contributed by atoms with Gasteiger partial charge in [-0.15, -0.1) is 0 Å². The van der Waals surface area contributed by atoms with Gasteiger partial charge in [-0.3, -0.25) is 0 Å². The molecule has 0 spiro atoms. The van der Waals surface area contributed by atoms with Crippen LogP contribution in [0.2, 0.25) is 0 Å². The van der Waals surface area contributed by atoms with Crippen LogP contribution < -0.4 is 21.3 Å². The number of pyridine rings is 1. The molecule has 1 aliphatic heterocycles. The van der Waals surface area contributed by atoms with E-state index in [0.717, 1.165) is 48.8 Å². The van der Waals surface area contributed by atoms with Crippen molar-refractivity contribution in [1.29, 1.82) is 0 Å². The number of piperazine rings is 1. The van der Waals surface area contributed by atoms with Gasteiger partial charge in [-0.25, -0.2) is 9.97 Å². The average Bonchev–Trinajstić information content (AvgIpc) is 2.69. The van der Waals surface area contributed by atoms with Crippen molar-refractivity contribution in [2.45, 2.75) is 6.92 Å². The lowest BCUT2D eigenvalue weighted by Crippen LogP contribution is -2.47. The van der Waals surface area contributed by atoms with E-state index >= 15 is 0 Å². The van der Waals surface area contributed by atoms with Gasteiger partial charge >= 0.3 is 0 Å². The molecule has 138 valence electrons. The number of nitrogens with two attached hydrogens (primary N) is 2. The molecule has 0 bridgehead atoms. The summed E-state index contributed by atoms with van der Waals surface area (Å²) < 4.78 is 0. The molecule has 7 heteroatoms. The number of para-hydroxylation sites is 1. The van der Waals surface area contributed by atoms with Gasteiger partial charge in [0.25, 0.3) is 0 Å². The van der Waals surface area contributed by atoms with Crippen LogP contribution in [0.25, 0.3) is 11.1 Å². The standard InChI is InChI=1S/C20H23N7/c1-14-18(15-7-8-17(21)23-13-15)19(25-20(22)24-14)27-11-9-26(10-12-27)16-5-3-2-4-6-16/h2-8,13H,9-12H2,1H3,(H2,21,23)(H2,22,24,25). The van der Waals surface area contributed by atoms with Gasteiger partial charge in [0.2, 0.25) is 5.95 Å². The van der Waals surface area contributed by atoms with E-state index in [2.05, 4.69) is 49.0 Å². The van der Waals surface area contributed by atoms with Gasteiger partial charge in [-0.2, -0.15) is 4.98 Å². The predicted octanol–water partition coefficient (Wildman–Crippen LogP) is 2.34. The number of hydrogen-bond acceptors (Lipinski definition) is 7. The SMILES string of the molecule is Cc1nc(N)nc(N2CCN(c3ccccc3)CC2)c1-c1ccc(N)nc1. The number of nitrogens with zero attached hydrogens (tertiary/aromatic N) is 5. The van der Waals surface area contributed by atoms with Crippen molar-refractivity contribution < 1.29 is 0 Å². The van der Waals surface area contributed by atoms with E-state index in [1.807, 2.05) is 19.1 Å². The highest BCUT2D eigenvalue weighted by Crippen LogP contribution is 2.33. The quantitative estimate of drug-likeness (QED) is 0.739. The van der Waals surface area contributed by atoms with Gasteiger partial charge in [0, 0.05) is 49.2 Å². The third-order valence-corrected chi connectivity index (χ3v) is 4.86. The highest BCUT2D eigenvalue weighted by molar-refractivity contribution is 5.78. The minimum Gasteiger partial charge on any atom is -0.384 e. The zero-order chi connectivity index (χ0) is 18.8. The Labute approximate surface area is 158 Å². The highest BCUT2D eigenvalue weighted by Gasteiger charge is 2.23. The van der Waals surface area contributed by atoms with E-state index in [4.69, 9.17) is 11.5 Å². The van der Waals surface area contributed by atoms with Gasteiger partial charge in [0.15, 0.2) is 0 Å². The lowest BCUT2D eigenvalue weighted by Gasteiger charge is -2.37. The summed E-state index contributed by atoms with van der Waals surface area (Å²) in [6.45, 7) is 5.52. The summed E-state index contributed by atoms with van der Waals surface area (Å²) in [5.74, 6) is 1.64. The molecular formula is C20H23N7. The van der Waals surface area contributed by atoms with E-state index < -0.39 is 0 Å². The van der Waals surface area contributed by atoms with E-state index in [0.29, 0.717) is 11.8 Å². The summed E-state index contributed by atoms with van der Waals surface area (Å²) in [5.41, 5.74) is 15.7. The molecule has 1 aliphatic rings. The molecule has 7 nitrogen and oxygen atoms in total. The maximum absolute atomic E-state index is 5.96. The summed E-state index contributed by atoms with van der Waals surface area (Å²) in [5, 5.41) is 0. The van der Waals surface area contributed by atoms with Crippen molar-refractivity contribution in [3.63, 3.8) is 0 Å². The van der Waals surface area contributed by atoms with Crippen LogP contribution in [0.3, 0.4) is 0 Å². The summed E-state index contributed by atoms with van der Waals surface area (Å²) >= 11 is 0. The molecule has 1 fully saturated rings. The Bertz CT molecular complexity index is 917.